The van der Waals surface area contributed by atoms with E-state index in [0.29, 0.717) is 6.42 Å². The normalized spacial score (nSPS) is 11.8. The number of aromatic hydroxyl groups is 1. The van der Waals surface area contributed by atoms with Crippen molar-refractivity contribution in [3.63, 3.8) is 0 Å². The number of carbonyl (C=O) groups excluding carboxylic acids is 1. The zero-order valence-corrected chi connectivity index (χ0v) is 14.9. The quantitative estimate of drug-likeness (QED) is 0.760. The predicted molar refractivity (Wildman–Crippen MR) is 99.3 cm³/mol. The summed E-state index contributed by atoms with van der Waals surface area (Å²) in [7, 11) is 0. The largest absolute Gasteiger partial charge is 0.550 e. The molecule has 25 heavy (non-hydrogen) atoms. The number of nitrogens with zero attached hydrogens (tertiary/aromatic N) is 1. The van der Waals surface area contributed by atoms with Crippen LogP contribution < -0.4 is 5.11 Å². The number of carboxylic acids is 1. The smallest absolute Gasteiger partial charge is 0.121 e. The molecule has 0 saturated carbocycles. The van der Waals surface area contributed by atoms with Crippen LogP contribution in [0.5, 0.6) is 5.75 Å². The van der Waals surface area contributed by atoms with E-state index in [1.54, 1.807) is 11.3 Å². The number of phenols is 1. The van der Waals surface area contributed by atoms with E-state index in [-0.39, 0.29) is 12.2 Å². The minimum atomic E-state index is -1.08. The van der Waals surface area contributed by atoms with Crippen molar-refractivity contribution < 1.29 is 15.0 Å². The lowest BCUT2D eigenvalue weighted by atomic mass is 10.0. The van der Waals surface area contributed by atoms with Gasteiger partial charge in [0.05, 0.1) is 10.2 Å². The molecule has 3 aromatic rings. The van der Waals surface area contributed by atoms with Crippen LogP contribution in [-0.4, -0.2) is 16.1 Å². The van der Waals surface area contributed by atoms with Crippen molar-refractivity contribution in [3.05, 3.63) is 58.1 Å². The Kier molecular flexibility index (Phi) is 4.86. The summed E-state index contributed by atoms with van der Waals surface area (Å²) < 4.78 is 1.06. The van der Waals surface area contributed by atoms with Crippen molar-refractivity contribution in [2.24, 2.45) is 0 Å². The standard InChI is InChI=1S/C20H19NO3S/c1-12-9-14(10-13(2)19(12)24)11-15(7-8-18(22)23)20-21-16-5-3-4-6-17(16)25-20/h3-6,9-11,24H,7-8H2,1-2H3,(H,22,23)/p-1/b15-11+. The van der Waals surface area contributed by atoms with Crippen molar-refractivity contribution in [2.45, 2.75) is 26.7 Å². The van der Waals surface area contributed by atoms with E-state index < -0.39 is 5.97 Å². The number of carbonyl (C=O) groups is 1. The maximum atomic E-state index is 10.9. The van der Waals surface area contributed by atoms with Gasteiger partial charge in [-0.25, -0.2) is 4.98 Å². The Labute approximate surface area is 150 Å². The summed E-state index contributed by atoms with van der Waals surface area (Å²) in [4.78, 5) is 15.6. The monoisotopic (exact) mass is 352 g/mol. The topological polar surface area (TPSA) is 73.2 Å². The highest BCUT2D eigenvalue weighted by Gasteiger charge is 2.10. The van der Waals surface area contributed by atoms with Crippen LogP contribution in [0, 0.1) is 13.8 Å². The number of phenolic OH excluding ortho intramolecular Hbond substituents is 1. The van der Waals surface area contributed by atoms with Gasteiger partial charge in [0, 0.05) is 5.97 Å². The van der Waals surface area contributed by atoms with E-state index in [1.807, 2.05) is 56.3 Å². The molecule has 0 radical (unpaired) electrons. The van der Waals surface area contributed by atoms with Crippen LogP contribution in [0.3, 0.4) is 0 Å². The molecular formula is C20H18NO3S-. The number of fused-ring (bicyclic) bond motifs is 1. The molecule has 3 rings (SSSR count). The minimum absolute atomic E-state index is 0.0577. The molecule has 0 unspecified atom stereocenters. The third kappa shape index (κ3) is 3.88. The first-order chi connectivity index (χ1) is 11.9. The highest BCUT2D eigenvalue weighted by atomic mass is 32.1. The minimum Gasteiger partial charge on any atom is -0.550 e. The third-order valence-electron chi connectivity index (χ3n) is 4.02. The molecule has 1 heterocycles. The number of benzene rings is 2. The number of allylic oxidation sites excluding steroid dienone is 1. The zero-order valence-electron chi connectivity index (χ0n) is 14.1. The molecule has 1 N–H and O–H groups in total. The maximum Gasteiger partial charge on any atom is 0.121 e. The van der Waals surface area contributed by atoms with E-state index >= 15 is 0 Å². The van der Waals surface area contributed by atoms with Gasteiger partial charge in [-0.2, -0.15) is 0 Å². The van der Waals surface area contributed by atoms with Gasteiger partial charge >= 0.3 is 0 Å². The van der Waals surface area contributed by atoms with Crippen LogP contribution >= 0.6 is 11.3 Å². The second kappa shape index (κ2) is 7.07. The van der Waals surface area contributed by atoms with Crippen LogP contribution in [0.4, 0.5) is 0 Å². The molecule has 5 heteroatoms. The first-order valence-corrected chi connectivity index (χ1v) is 8.82. The van der Waals surface area contributed by atoms with Gasteiger partial charge in [-0.05, 0) is 79.3 Å². The van der Waals surface area contributed by atoms with Crippen molar-refractivity contribution in [1.29, 1.82) is 0 Å². The number of thiazole rings is 1. The highest BCUT2D eigenvalue weighted by molar-refractivity contribution is 7.19. The van der Waals surface area contributed by atoms with Gasteiger partial charge in [-0.1, -0.05) is 12.1 Å². The van der Waals surface area contributed by atoms with E-state index in [9.17, 15) is 15.0 Å². The number of carboxylic acid groups (broad SMARTS) is 1. The molecule has 4 nitrogen and oxygen atoms in total. The third-order valence-corrected chi connectivity index (χ3v) is 5.13. The highest BCUT2D eigenvalue weighted by Crippen LogP contribution is 2.32. The lowest BCUT2D eigenvalue weighted by Gasteiger charge is -2.08. The van der Waals surface area contributed by atoms with E-state index in [1.165, 1.54) is 0 Å². The maximum absolute atomic E-state index is 10.9. The number of hydrogen-bond donors (Lipinski definition) is 1. The van der Waals surface area contributed by atoms with Crippen molar-refractivity contribution in [1.82, 2.24) is 4.98 Å². The Morgan fingerprint density at radius 3 is 2.52 bits per heavy atom. The van der Waals surface area contributed by atoms with Crippen molar-refractivity contribution >= 4 is 39.2 Å². The predicted octanol–water partition coefficient (Wildman–Crippen LogP) is 3.69. The zero-order chi connectivity index (χ0) is 18.0. The first kappa shape index (κ1) is 17.2. The molecule has 1 aromatic heterocycles. The van der Waals surface area contributed by atoms with Crippen LogP contribution in [-0.2, 0) is 4.79 Å². The lowest BCUT2D eigenvalue weighted by molar-refractivity contribution is -0.305. The molecule has 0 amide bonds. The summed E-state index contributed by atoms with van der Waals surface area (Å²) in [5.74, 6) is -0.793. The molecular weight excluding hydrogens is 334 g/mol. The fraction of sp³-hybridized carbons (Fsp3) is 0.200. The van der Waals surface area contributed by atoms with Gasteiger partial charge in [0.2, 0.25) is 0 Å². The molecule has 0 aliphatic heterocycles. The number of para-hydroxylation sites is 1. The summed E-state index contributed by atoms with van der Waals surface area (Å²) >= 11 is 1.55. The van der Waals surface area contributed by atoms with Gasteiger partial charge < -0.3 is 15.0 Å². The Morgan fingerprint density at radius 2 is 1.88 bits per heavy atom. The molecule has 0 atom stereocenters. The number of rotatable bonds is 5. The summed E-state index contributed by atoms with van der Waals surface area (Å²) in [6, 6.07) is 11.6. The number of hydrogen-bond acceptors (Lipinski definition) is 5. The summed E-state index contributed by atoms with van der Waals surface area (Å²) in [5, 5.41) is 21.7. The second-order valence-corrected chi connectivity index (χ2v) is 7.06. The van der Waals surface area contributed by atoms with Gasteiger partial charge in [0.25, 0.3) is 0 Å². The van der Waals surface area contributed by atoms with Gasteiger partial charge in [-0.3, -0.25) is 0 Å². The van der Waals surface area contributed by atoms with Gasteiger partial charge in [0.1, 0.15) is 10.8 Å². The van der Waals surface area contributed by atoms with E-state index in [2.05, 4.69) is 4.98 Å². The molecule has 128 valence electrons. The average molecular weight is 352 g/mol. The van der Waals surface area contributed by atoms with Crippen molar-refractivity contribution in [3.8, 4) is 5.75 Å². The first-order valence-electron chi connectivity index (χ1n) is 8.00. The molecule has 0 spiro atoms. The number of aliphatic carboxylic acids is 1. The number of aromatic nitrogens is 1. The Bertz CT molecular complexity index is 916. The SMILES string of the molecule is Cc1cc(/C=C(\CCC(=O)[O-])c2nc3ccccc3s2)cc(C)c1O. The van der Waals surface area contributed by atoms with Crippen molar-refractivity contribution in [2.75, 3.05) is 0 Å². The van der Waals surface area contributed by atoms with Crippen LogP contribution in [0.1, 0.15) is 34.5 Å². The fourth-order valence-corrected chi connectivity index (χ4v) is 3.77. The van der Waals surface area contributed by atoms with Crippen LogP contribution in [0.15, 0.2) is 36.4 Å². The molecule has 0 aliphatic carbocycles. The van der Waals surface area contributed by atoms with Crippen LogP contribution in [0.2, 0.25) is 0 Å². The van der Waals surface area contributed by atoms with E-state index in [0.717, 1.165) is 37.5 Å². The Morgan fingerprint density at radius 1 is 1.20 bits per heavy atom. The molecule has 0 aliphatic rings. The fourth-order valence-electron chi connectivity index (χ4n) is 2.76. The molecule has 0 saturated heterocycles. The molecule has 0 bridgehead atoms. The summed E-state index contributed by atoms with van der Waals surface area (Å²) in [6.07, 6.45) is 2.24. The van der Waals surface area contributed by atoms with Crippen LogP contribution in [0.25, 0.3) is 21.9 Å². The summed E-state index contributed by atoms with van der Waals surface area (Å²) in [5.41, 5.74) is 4.25. The molecule has 0 fully saturated rings. The Hall–Kier alpha value is -2.66. The average Bonchev–Trinajstić information content (AvgIpc) is 3.00. The van der Waals surface area contributed by atoms with Gasteiger partial charge in [-0.15, -0.1) is 11.3 Å². The van der Waals surface area contributed by atoms with Gasteiger partial charge in [0.15, 0.2) is 0 Å². The Balaban J connectivity index is 2.06. The second-order valence-electron chi connectivity index (χ2n) is 6.03. The van der Waals surface area contributed by atoms with E-state index in [4.69, 9.17) is 0 Å². The lowest BCUT2D eigenvalue weighted by Crippen LogP contribution is -2.21. The molecule has 2 aromatic carbocycles. The number of aryl methyl sites for hydroxylation is 2. The summed E-state index contributed by atoms with van der Waals surface area (Å²) in [6.45, 7) is 3.69.